The molecule has 2 aliphatic heterocycles. The highest BCUT2D eigenvalue weighted by Crippen LogP contribution is 2.34. The largest absolute Gasteiger partial charge is 0.477 e. The molecule has 2 N–H and O–H groups in total. The van der Waals surface area contributed by atoms with E-state index >= 15 is 0 Å². The summed E-state index contributed by atoms with van der Waals surface area (Å²) in [6.45, 7) is 2.91. The van der Waals surface area contributed by atoms with Gasteiger partial charge in [0.1, 0.15) is 5.56 Å². The molecule has 0 spiro atoms. The number of esters is 1. The average molecular weight is 405 g/mol. The summed E-state index contributed by atoms with van der Waals surface area (Å²) < 4.78 is 5.59. The first-order valence-corrected chi connectivity index (χ1v) is 9.70. The summed E-state index contributed by atoms with van der Waals surface area (Å²) in [4.78, 5) is 42.8. The molecule has 0 saturated carbocycles. The number of nitrogens with one attached hydrogen (secondary N) is 1. The van der Waals surface area contributed by atoms with Gasteiger partial charge in [0.05, 0.1) is 11.1 Å². The quantitative estimate of drug-likeness (QED) is 0.644. The maximum atomic E-state index is 12.3. The third-order valence-electron chi connectivity index (χ3n) is 5.77. The Kier molecular flexibility index (Phi) is 4.29. The number of aromatic carboxylic acids is 1. The van der Waals surface area contributed by atoms with Gasteiger partial charge in [-0.15, -0.1) is 0 Å². The van der Waals surface area contributed by atoms with Crippen molar-refractivity contribution in [2.75, 3.05) is 31.1 Å². The number of ether oxygens (including phenoxy) is 1. The minimum Gasteiger partial charge on any atom is -0.477 e. The molecule has 8 heteroatoms. The SMILES string of the molecule is O=C1OC(N2CCN(c3ccc4c(=O)c(C(=O)O)c[nH]c4c3)CC2)c2ccccc21. The highest BCUT2D eigenvalue weighted by Gasteiger charge is 2.36. The highest BCUT2D eigenvalue weighted by molar-refractivity contribution is 5.94. The van der Waals surface area contributed by atoms with Crippen LogP contribution < -0.4 is 10.3 Å². The van der Waals surface area contributed by atoms with Gasteiger partial charge in [-0.05, 0) is 24.3 Å². The van der Waals surface area contributed by atoms with Crippen molar-refractivity contribution in [3.8, 4) is 0 Å². The fourth-order valence-corrected chi connectivity index (χ4v) is 4.18. The Hall–Kier alpha value is -3.65. The van der Waals surface area contributed by atoms with Crippen LogP contribution in [0.1, 0.15) is 32.5 Å². The van der Waals surface area contributed by atoms with E-state index in [1.807, 2.05) is 30.3 Å². The molecule has 1 unspecified atom stereocenters. The minimum absolute atomic E-state index is 0.268. The van der Waals surface area contributed by atoms with Crippen LogP contribution in [0.2, 0.25) is 0 Å². The molecule has 1 saturated heterocycles. The summed E-state index contributed by atoms with van der Waals surface area (Å²) in [6, 6.07) is 12.8. The van der Waals surface area contributed by atoms with E-state index in [9.17, 15) is 14.4 Å². The predicted molar refractivity (Wildman–Crippen MR) is 110 cm³/mol. The van der Waals surface area contributed by atoms with Gasteiger partial charge in [-0.3, -0.25) is 9.69 Å². The molecule has 8 nitrogen and oxygen atoms in total. The number of hydrogen-bond acceptors (Lipinski definition) is 6. The Morgan fingerprint density at radius 1 is 1.07 bits per heavy atom. The number of cyclic esters (lactones) is 1. The number of benzene rings is 2. The van der Waals surface area contributed by atoms with Crippen molar-refractivity contribution in [3.05, 3.63) is 75.6 Å². The number of carbonyl (C=O) groups is 2. The Morgan fingerprint density at radius 3 is 2.60 bits per heavy atom. The van der Waals surface area contributed by atoms with Crippen LogP contribution in [0.15, 0.2) is 53.5 Å². The number of carboxylic acid groups (broad SMARTS) is 1. The van der Waals surface area contributed by atoms with Gasteiger partial charge in [0, 0.05) is 49.0 Å². The summed E-state index contributed by atoms with van der Waals surface area (Å²) in [5, 5.41) is 9.47. The fourth-order valence-electron chi connectivity index (χ4n) is 4.18. The summed E-state index contributed by atoms with van der Waals surface area (Å²) in [5.41, 5.74) is 2.33. The number of piperazine rings is 1. The van der Waals surface area contributed by atoms with Gasteiger partial charge in [-0.25, -0.2) is 9.59 Å². The van der Waals surface area contributed by atoms with Crippen LogP contribution in [0.4, 0.5) is 5.69 Å². The Labute approximate surface area is 171 Å². The molecule has 1 atom stereocenters. The Bertz CT molecular complexity index is 1230. The van der Waals surface area contributed by atoms with Gasteiger partial charge >= 0.3 is 11.9 Å². The molecule has 0 radical (unpaired) electrons. The lowest BCUT2D eigenvalue weighted by Crippen LogP contribution is -2.47. The van der Waals surface area contributed by atoms with Crippen molar-refractivity contribution >= 4 is 28.5 Å². The molecule has 30 heavy (non-hydrogen) atoms. The molecular formula is C22H19N3O5. The van der Waals surface area contributed by atoms with E-state index in [0.717, 1.165) is 37.4 Å². The fraction of sp³-hybridized carbons (Fsp3) is 0.227. The smallest absolute Gasteiger partial charge is 0.341 e. The first kappa shape index (κ1) is 18.4. The van der Waals surface area contributed by atoms with E-state index < -0.39 is 11.4 Å². The molecule has 3 heterocycles. The number of nitrogens with zero attached hydrogens (tertiary/aromatic N) is 2. The van der Waals surface area contributed by atoms with Gasteiger partial charge in [-0.2, -0.15) is 0 Å². The predicted octanol–water partition coefficient (Wildman–Crippen LogP) is 2.22. The Morgan fingerprint density at radius 2 is 1.83 bits per heavy atom. The van der Waals surface area contributed by atoms with Gasteiger partial charge < -0.3 is 19.7 Å². The lowest BCUT2D eigenvalue weighted by molar-refractivity contribution is -0.0250. The summed E-state index contributed by atoms with van der Waals surface area (Å²) in [7, 11) is 0. The molecular weight excluding hydrogens is 386 g/mol. The number of anilines is 1. The standard InChI is InChI=1S/C22H19N3O5/c26-19-16-6-5-13(11-18(16)23-12-17(19)21(27)28)24-7-9-25(10-8-24)20-14-3-1-2-4-15(14)22(29)30-20/h1-6,11-12,20H,7-10H2,(H,23,26)(H,27,28). The highest BCUT2D eigenvalue weighted by atomic mass is 16.6. The lowest BCUT2D eigenvalue weighted by Gasteiger charge is -2.38. The number of aromatic nitrogens is 1. The molecule has 2 aliphatic rings. The van der Waals surface area contributed by atoms with Crippen molar-refractivity contribution in [1.82, 2.24) is 9.88 Å². The van der Waals surface area contributed by atoms with Crippen LogP contribution in [0.3, 0.4) is 0 Å². The number of H-pyrrole nitrogens is 1. The molecule has 1 fully saturated rings. The monoisotopic (exact) mass is 405 g/mol. The lowest BCUT2D eigenvalue weighted by atomic mass is 10.1. The maximum absolute atomic E-state index is 12.3. The minimum atomic E-state index is -1.24. The van der Waals surface area contributed by atoms with E-state index in [0.29, 0.717) is 16.5 Å². The number of aromatic amines is 1. The zero-order valence-electron chi connectivity index (χ0n) is 16.0. The third-order valence-corrected chi connectivity index (χ3v) is 5.77. The summed E-state index contributed by atoms with van der Waals surface area (Å²) in [6.07, 6.45) is 0.888. The van der Waals surface area contributed by atoms with Crippen LogP contribution >= 0.6 is 0 Å². The van der Waals surface area contributed by atoms with E-state index in [4.69, 9.17) is 9.84 Å². The first-order valence-electron chi connectivity index (χ1n) is 9.70. The molecule has 5 rings (SSSR count). The summed E-state index contributed by atoms with van der Waals surface area (Å²) >= 11 is 0. The molecule has 0 bridgehead atoms. The third kappa shape index (κ3) is 2.93. The van der Waals surface area contributed by atoms with Crippen LogP contribution in [0.25, 0.3) is 10.9 Å². The van der Waals surface area contributed by atoms with E-state index in [1.165, 1.54) is 6.20 Å². The van der Waals surface area contributed by atoms with Crippen LogP contribution in [0, 0.1) is 0 Å². The second-order valence-corrected chi connectivity index (χ2v) is 7.43. The number of fused-ring (bicyclic) bond motifs is 2. The molecule has 0 amide bonds. The van der Waals surface area contributed by atoms with Crippen LogP contribution in [0.5, 0.6) is 0 Å². The van der Waals surface area contributed by atoms with Gasteiger partial charge in [0.15, 0.2) is 6.23 Å². The first-order chi connectivity index (χ1) is 14.5. The van der Waals surface area contributed by atoms with Gasteiger partial charge in [0.25, 0.3) is 0 Å². The Balaban J connectivity index is 1.34. The number of carbonyl (C=O) groups excluding carboxylic acids is 1. The van der Waals surface area contributed by atoms with Gasteiger partial charge in [0.2, 0.25) is 5.43 Å². The molecule has 2 aromatic carbocycles. The second kappa shape index (κ2) is 7.00. The normalized spacial score (nSPS) is 19.0. The summed E-state index contributed by atoms with van der Waals surface area (Å²) in [5.74, 6) is -1.52. The molecule has 0 aliphatic carbocycles. The van der Waals surface area contributed by atoms with Crippen molar-refractivity contribution in [2.45, 2.75) is 6.23 Å². The van der Waals surface area contributed by atoms with Crippen molar-refractivity contribution < 1.29 is 19.4 Å². The van der Waals surface area contributed by atoms with Crippen molar-refractivity contribution in [1.29, 1.82) is 0 Å². The second-order valence-electron chi connectivity index (χ2n) is 7.43. The molecule has 3 aromatic rings. The number of hydrogen-bond donors (Lipinski definition) is 2. The molecule has 1 aromatic heterocycles. The molecule has 152 valence electrons. The average Bonchev–Trinajstić information content (AvgIpc) is 3.10. The van der Waals surface area contributed by atoms with E-state index in [1.54, 1.807) is 12.1 Å². The maximum Gasteiger partial charge on any atom is 0.341 e. The number of pyridine rings is 1. The van der Waals surface area contributed by atoms with Crippen molar-refractivity contribution in [2.24, 2.45) is 0 Å². The van der Waals surface area contributed by atoms with E-state index in [2.05, 4.69) is 14.8 Å². The topological polar surface area (TPSA) is 103 Å². The number of rotatable bonds is 3. The van der Waals surface area contributed by atoms with Crippen LogP contribution in [-0.2, 0) is 4.74 Å². The zero-order valence-corrected chi connectivity index (χ0v) is 16.0. The van der Waals surface area contributed by atoms with Crippen molar-refractivity contribution in [3.63, 3.8) is 0 Å². The van der Waals surface area contributed by atoms with E-state index in [-0.39, 0.29) is 17.8 Å². The zero-order chi connectivity index (χ0) is 20.8. The number of carboxylic acids is 1. The van der Waals surface area contributed by atoms with Crippen LogP contribution in [-0.4, -0.2) is 53.1 Å². The van der Waals surface area contributed by atoms with Gasteiger partial charge in [-0.1, -0.05) is 18.2 Å².